The molecule has 3 nitrogen and oxygen atoms in total. The van der Waals surface area contributed by atoms with Gasteiger partial charge >= 0.3 is 0 Å². The predicted octanol–water partition coefficient (Wildman–Crippen LogP) is 5.28. The molecule has 26 heavy (non-hydrogen) atoms. The Balaban J connectivity index is 2.11. The summed E-state index contributed by atoms with van der Waals surface area (Å²) in [6, 6.07) is 22.2. The molecular weight excluding hydrogens is 342 g/mol. The molecule has 1 N–H and O–H groups in total. The fourth-order valence-electron chi connectivity index (χ4n) is 3.34. The van der Waals surface area contributed by atoms with Gasteiger partial charge in [-0.25, -0.2) is 8.42 Å². The van der Waals surface area contributed by atoms with E-state index in [1.165, 1.54) is 0 Å². The van der Waals surface area contributed by atoms with Crippen molar-refractivity contribution in [3.63, 3.8) is 0 Å². The van der Waals surface area contributed by atoms with Gasteiger partial charge in [-0.2, -0.15) is 0 Å². The summed E-state index contributed by atoms with van der Waals surface area (Å²) in [4.78, 5) is 4.02. The van der Waals surface area contributed by atoms with Crippen molar-refractivity contribution in [2.45, 2.75) is 23.6 Å². The first kappa shape index (κ1) is 16.6. The molecule has 0 radical (unpaired) electrons. The van der Waals surface area contributed by atoms with Crippen LogP contribution < -0.4 is 0 Å². The number of aryl methyl sites for hydroxylation is 2. The van der Waals surface area contributed by atoms with Gasteiger partial charge in [0.05, 0.1) is 16.1 Å². The molecule has 4 heteroatoms. The SMILES string of the molecule is Cc1cccc(-c2[nH]c3c(C)cccc3c2S(=O)(=O)c2ccccc2)c1. The highest BCUT2D eigenvalue weighted by atomic mass is 32.2. The second kappa shape index (κ2) is 6.15. The molecule has 0 amide bonds. The highest BCUT2D eigenvalue weighted by molar-refractivity contribution is 7.91. The molecule has 4 rings (SSSR count). The van der Waals surface area contributed by atoms with Crippen LogP contribution in [0.1, 0.15) is 11.1 Å². The molecule has 3 aromatic carbocycles. The van der Waals surface area contributed by atoms with E-state index in [9.17, 15) is 8.42 Å². The maximum atomic E-state index is 13.5. The Labute approximate surface area is 153 Å². The van der Waals surface area contributed by atoms with Crippen LogP contribution in [0.4, 0.5) is 0 Å². The van der Waals surface area contributed by atoms with Crippen molar-refractivity contribution >= 4 is 20.7 Å². The lowest BCUT2D eigenvalue weighted by Gasteiger charge is -2.08. The van der Waals surface area contributed by atoms with Crippen LogP contribution in [0.5, 0.6) is 0 Å². The Bertz CT molecular complexity index is 1210. The van der Waals surface area contributed by atoms with Crippen LogP contribution in [0.3, 0.4) is 0 Å². The number of nitrogens with one attached hydrogen (secondary N) is 1. The van der Waals surface area contributed by atoms with Gasteiger partial charge in [0, 0.05) is 5.39 Å². The van der Waals surface area contributed by atoms with Crippen LogP contribution in [-0.4, -0.2) is 13.4 Å². The number of fused-ring (bicyclic) bond motifs is 1. The topological polar surface area (TPSA) is 49.9 Å². The number of hydrogen-bond acceptors (Lipinski definition) is 2. The van der Waals surface area contributed by atoms with E-state index in [0.29, 0.717) is 15.5 Å². The normalized spacial score (nSPS) is 11.8. The van der Waals surface area contributed by atoms with Crippen LogP contribution in [-0.2, 0) is 9.84 Å². The number of para-hydroxylation sites is 1. The summed E-state index contributed by atoms with van der Waals surface area (Å²) in [6.07, 6.45) is 0. The van der Waals surface area contributed by atoms with Crippen molar-refractivity contribution in [2.24, 2.45) is 0 Å². The van der Waals surface area contributed by atoms with Crippen LogP contribution in [0.25, 0.3) is 22.2 Å². The molecule has 0 aliphatic heterocycles. The molecule has 4 aromatic rings. The summed E-state index contributed by atoms with van der Waals surface area (Å²) in [5, 5.41) is 0.727. The quantitative estimate of drug-likeness (QED) is 0.539. The molecule has 0 unspecified atom stereocenters. The van der Waals surface area contributed by atoms with Crippen LogP contribution in [0, 0.1) is 13.8 Å². The number of benzene rings is 3. The molecule has 0 saturated heterocycles. The average Bonchev–Trinajstić information content (AvgIpc) is 3.04. The number of hydrogen-bond donors (Lipinski definition) is 1. The Morgan fingerprint density at radius 2 is 1.54 bits per heavy atom. The molecule has 1 heterocycles. The zero-order chi connectivity index (χ0) is 18.3. The summed E-state index contributed by atoms with van der Waals surface area (Å²) < 4.78 is 27.0. The minimum absolute atomic E-state index is 0.302. The van der Waals surface area contributed by atoms with Crippen molar-refractivity contribution in [2.75, 3.05) is 0 Å². The van der Waals surface area contributed by atoms with Crippen molar-refractivity contribution in [3.05, 3.63) is 83.9 Å². The van der Waals surface area contributed by atoms with E-state index in [2.05, 4.69) is 4.98 Å². The minimum Gasteiger partial charge on any atom is -0.353 e. The zero-order valence-corrected chi connectivity index (χ0v) is 15.5. The molecule has 130 valence electrons. The minimum atomic E-state index is -3.66. The van der Waals surface area contributed by atoms with Crippen LogP contribution in [0.2, 0.25) is 0 Å². The van der Waals surface area contributed by atoms with Gasteiger partial charge in [0.25, 0.3) is 0 Å². The van der Waals surface area contributed by atoms with E-state index in [-0.39, 0.29) is 0 Å². The molecular formula is C22H19NO2S. The van der Waals surface area contributed by atoms with Crippen molar-refractivity contribution < 1.29 is 8.42 Å². The Hall–Kier alpha value is -2.85. The first-order valence-corrected chi connectivity index (χ1v) is 9.95. The van der Waals surface area contributed by atoms with E-state index in [1.807, 2.05) is 62.4 Å². The van der Waals surface area contributed by atoms with E-state index in [4.69, 9.17) is 0 Å². The lowest BCUT2D eigenvalue weighted by Crippen LogP contribution is -2.03. The molecule has 0 saturated carbocycles. The molecule has 0 spiro atoms. The third kappa shape index (κ3) is 2.63. The summed E-state index contributed by atoms with van der Waals surface area (Å²) in [6.45, 7) is 3.99. The fourth-order valence-corrected chi connectivity index (χ4v) is 4.99. The average molecular weight is 361 g/mol. The third-order valence-corrected chi connectivity index (χ3v) is 6.48. The molecule has 0 bridgehead atoms. The summed E-state index contributed by atoms with van der Waals surface area (Å²) in [7, 11) is -3.66. The van der Waals surface area contributed by atoms with Gasteiger partial charge in [-0.05, 0) is 43.2 Å². The van der Waals surface area contributed by atoms with Crippen molar-refractivity contribution in [3.8, 4) is 11.3 Å². The number of rotatable bonds is 3. The first-order valence-electron chi connectivity index (χ1n) is 8.47. The number of aromatic amines is 1. The molecule has 1 aromatic heterocycles. The van der Waals surface area contributed by atoms with E-state index in [0.717, 1.165) is 27.6 Å². The second-order valence-corrected chi connectivity index (χ2v) is 8.40. The van der Waals surface area contributed by atoms with Gasteiger partial charge < -0.3 is 4.98 Å². The van der Waals surface area contributed by atoms with Gasteiger partial charge in [0.1, 0.15) is 4.90 Å². The highest BCUT2D eigenvalue weighted by Crippen LogP contribution is 2.38. The number of H-pyrrole nitrogens is 1. The summed E-state index contributed by atoms with van der Waals surface area (Å²) >= 11 is 0. The highest BCUT2D eigenvalue weighted by Gasteiger charge is 2.27. The molecule has 0 aliphatic carbocycles. The zero-order valence-electron chi connectivity index (χ0n) is 14.7. The molecule has 0 atom stereocenters. The Morgan fingerprint density at radius 3 is 2.27 bits per heavy atom. The lowest BCUT2D eigenvalue weighted by atomic mass is 10.1. The van der Waals surface area contributed by atoms with Gasteiger partial charge in [0.2, 0.25) is 9.84 Å². The van der Waals surface area contributed by atoms with Crippen molar-refractivity contribution in [1.29, 1.82) is 0 Å². The maximum Gasteiger partial charge on any atom is 0.209 e. The third-order valence-electron chi connectivity index (χ3n) is 4.62. The van der Waals surface area contributed by atoms with Crippen LogP contribution >= 0.6 is 0 Å². The Morgan fingerprint density at radius 1 is 0.808 bits per heavy atom. The van der Waals surface area contributed by atoms with Gasteiger partial charge in [-0.15, -0.1) is 0 Å². The lowest BCUT2D eigenvalue weighted by molar-refractivity contribution is 0.597. The van der Waals surface area contributed by atoms with Gasteiger partial charge in [0.15, 0.2) is 0 Å². The van der Waals surface area contributed by atoms with Gasteiger partial charge in [-0.1, -0.05) is 60.2 Å². The largest absolute Gasteiger partial charge is 0.353 e. The standard InChI is InChI=1S/C22H19NO2S/c1-15-8-6-10-17(14-15)21-22(19-13-7-9-16(2)20(19)23-21)26(24,25)18-11-4-3-5-12-18/h3-14,23H,1-2H3. The summed E-state index contributed by atoms with van der Waals surface area (Å²) in [5.74, 6) is 0. The van der Waals surface area contributed by atoms with Crippen LogP contribution in [0.15, 0.2) is 82.6 Å². The van der Waals surface area contributed by atoms with Gasteiger partial charge in [-0.3, -0.25) is 0 Å². The van der Waals surface area contributed by atoms with E-state index in [1.54, 1.807) is 24.3 Å². The first-order chi connectivity index (χ1) is 12.5. The fraction of sp³-hybridized carbons (Fsp3) is 0.0909. The monoisotopic (exact) mass is 361 g/mol. The van der Waals surface area contributed by atoms with E-state index >= 15 is 0 Å². The summed E-state index contributed by atoms with van der Waals surface area (Å²) in [5.41, 5.74) is 4.47. The van der Waals surface area contributed by atoms with E-state index < -0.39 is 9.84 Å². The smallest absolute Gasteiger partial charge is 0.209 e. The van der Waals surface area contributed by atoms with Crippen molar-refractivity contribution in [1.82, 2.24) is 4.98 Å². The molecule has 0 aliphatic rings. The molecule has 0 fully saturated rings. The Kier molecular flexibility index (Phi) is 3.93. The number of sulfone groups is 1. The second-order valence-electron chi connectivity index (χ2n) is 6.51. The predicted molar refractivity (Wildman–Crippen MR) is 105 cm³/mol. The maximum absolute atomic E-state index is 13.5. The number of aromatic nitrogens is 1.